The Morgan fingerprint density at radius 3 is 1.33 bits per heavy atom. The minimum atomic E-state index is 1.03. The second kappa shape index (κ2) is 10.6. The van der Waals surface area contributed by atoms with Gasteiger partial charge in [-0.2, -0.15) is 0 Å². The summed E-state index contributed by atoms with van der Waals surface area (Å²) in [6, 6.07) is 17.9. The van der Waals surface area contributed by atoms with Crippen LogP contribution >= 0.6 is 0 Å². The van der Waals surface area contributed by atoms with E-state index in [9.17, 15) is 0 Å². The Kier molecular flexibility index (Phi) is 8.19. The minimum Gasteiger partial charge on any atom is -0.372 e. The molecule has 0 N–H and O–H groups in total. The van der Waals surface area contributed by atoms with Crippen molar-refractivity contribution in [2.45, 2.75) is 34.6 Å². The smallest absolute Gasteiger partial charge is 0.0366 e. The number of hydrogen-bond acceptors (Lipinski definition) is 2. The monoisotopic (exact) mass is 362 g/mol. The Labute approximate surface area is 165 Å². The van der Waals surface area contributed by atoms with E-state index in [4.69, 9.17) is 0 Å². The van der Waals surface area contributed by atoms with Gasteiger partial charge < -0.3 is 9.80 Å². The van der Waals surface area contributed by atoms with Crippen LogP contribution in [0.3, 0.4) is 0 Å². The van der Waals surface area contributed by atoms with Gasteiger partial charge in [-0.05, 0) is 75.6 Å². The average molecular weight is 363 g/mol. The molecule has 0 aromatic heterocycles. The maximum Gasteiger partial charge on any atom is 0.0366 e. The van der Waals surface area contributed by atoms with Crippen LogP contribution in [0.15, 0.2) is 66.8 Å². The third-order valence-electron chi connectivity index (χ3n) is 5.07. The highest BCUT2D eigenvalue weighted by atomic mass is 15.1. The standard InChI is InChI=1S/C25H34N2/c1-6-11-12-25(21-13-17-23(18-14-21)26(7-2)8-3)22-15-19-24(20-16-22)27(9-4)10-5/h6,11-20H,7-10H2,1-5H3/b11-6+. The average Bonchev–Trinajstić information content (AvgIpc) is 2.72. The van der Waals surface area contributed by atoms with Gasteiger partial charge in [0.25, 0.3) is 0 Å². The molecule has 0 atom stereocenters. The topological polar surface area (TPSA) is 6.48 Å². The zero-order valence-corrected chi connectivity index (χ0v) is 17.6. The molecule has 0 aliphatic heterocycles. The van der Waals surface area contributed by atoms with Crippen LogP contribution in [-0.4, -0.2) is 26.2 Å². The Hall–Kier alpha value is -2.48. The molecule has 0 saturated heterocycles. The predicted molar refractivity (Wildman–Crippen MR) is 122 cm³/mol. The highest BCUT2D eigenvalue weighted by Crippen LogP contribution is 2.28. The summed E-state index contributed by atoms with van der Waals surface area (Å²) < 4.78 is 0. The van der Waals surface area contributed by atoms with Crippen molar-refractivity contribution >= 4 is 16.9 Å². The molecule has 2 rings (SSSR count). The maximum absolute atomic E-state index is 2.37. The summed E-state index contributed by atoms with van der Waals surface area (Å²) >= 11 is 0. The van der Waals surface area contributed by atoms with Gasteiger partial charge in [0.15, 0.2) is 0 Å². The van der Waals surface area contributed by atoms with Crippen LogP contribution < -0.4 is 9.80 Å². The van der Waals surface area contributed by atoms with Crippen molar-refractivity contribution in [2.24, 2.45) is 0 Å². The summed E-state index contributed by atoms with van der Waals surface area (Å²) in [7, 11) is 0. The maximum atomic E-state index is 2.37. The van der Waals surface area contributed by atoms with Gasteiger partial charge >= 0.3 is 0 Å². The fraction of sp³-hybridized carbons (Fsp3) is 0.360. The quantitative estimate of drug-likeness (QED) is 0.477. The first-order valence-corrected chi connectivity index (χ1v) is 10.2. The number of benzene rings is 2. The lowest BCUT2D eigenvalue weighted by molar-refractivity contribution is 0.866. The molecule has 0 heterocycles. The van der Waals surface area contributed by atoms with Crippen molar-refractivity contribution in [3.05, 3.63) is 77.9 Å². The second-order valence-electron chi connectivity index (χ2n) is 6.54. The van der Waals surface area contributed by atoms with E-state index in [1.807, 2.05) is 0 Å². The summed E-state index contributed by atoms with van der Waals surface area (Å²) in [6.07, 6.45) is 6.40. The predicted octanol–water partition coefficient (Wildman–Crippen LogP) is 6.39. The van der Waals surface area contributed by atoms with Crippen molar-refractivity contribution in [1.82, 2.24) is 0 Å². The summed E-state index contributed by atoms with van der Waals surface area (Å²) in [4.78, 5) is 4.75. The first kappa shape index (κ1) is 20.8. The molecule has 2 aromatic carbocycles. The van der Waals surface area contributed by atoms with E-state index < -0.39 is 0 Å². The second-order valence-corrected chi connectivity index (χ2v) is 6.54. The Balaban J connectivity index is 2.36. The molecular weight excluding hydrogens is 328 g/mol. The molecule has 0 radical (unpaired) electrons. The van der Waals surface area contributed by atoms with Gasteiger partial charge in [-0.25, -0.2) is 0 Å². The molecule has 0 amide bonds. The lowest BCUT2D eigenvalue weighted by Crippen LogP contribution is -2.21. The van der Waals surface area contributed by atoms with Gasteiger partial charge in [-0.15, -0.1) is 0 Å². The molecule has 144 valence electrons. The largest absolute Gasteiger partial charge is 0.372 e. The molecule has 0 bridgehead atoms. The number of hydrogen-bond donors (Lipinski definition) is 0. The molecule has 2 aromatic rings. The summed E-state index contributed by atoms with van der Waals surface area (Å²) in [5.74, 6) is 0. The fourth-order valence-corrected chi connectivity index (χ4v) is 3.43. The van der Waals surface area contributed by atoms with Gasteiger partial charge in [0.2, 0.25) is 0 Å². The molecule has 0 aliphatic carbocycles. The fourth-order valence-electron chi connectivity index (χ4n) is 3.43. The first-order chi connectivity index (χ1) is 13.2. The molecular formula is C25H34N2. The third kappa shape index (κ3) is 5.26. The summed E-state index contributed by atoms with van der Waals surface area (Å²) in [5, 5.41) is 0. The van der Waals surface area contributed by atoms with Crippen LogP contribution in [-0.2, 0) is 0 Å². The molecule has 0 spiro atoms. The van der Waals surface area contributed by atoms with Gasteiger partial charge in [0.1, 0.15) is 0 Å². The van der Waals surface area contributed by atoms with Gasteiger partial charge in [0.05, 0.1) is 0 Å². The zero-order valence-electron chi connectivity index (χ0n) is 17.6. The van der Waals surface area contributed by atoms with Crippen LogP contribution in [0.25, 0.3) is 5.57 Å². The van der Waals surface area contributed by atoms with E-state index in [2.05, 4.69) is 111 Å². The number of rotatable bonds is 9. The van der Waals surface area contributed by atoms with Crippen LogP contribution in [0.2, 0.25) is 0 Å². The van der Waals surface area contributed by atoms with Crippen molar-refractivity contribution < 1.29 is 0 Å². The van der Waals surface area contributed by atoms with E-state index in [0.29, 0.717) is 0 Å². The zero-order chi connectivity index (χ0) is 19.6. The Morgan fingerprint density at radius 1 is 0.667 bits per heavy atom. The third-order valence-corrected chi connectivity index (χ3v) is 5.07. The van der Waals surface area contributed by atoms with E-state index in [0.717, 1.165) is 26.2 Å². The van der Waals surface area contributed by atoms with E-state index >= 15 is 0 Å². The van der Waals surface area contributed by atoms with Crippen LogP contribution in [0.4, 0.5) is 11.4 Å². The van der Waals surface area contributed by atoms with Crippen molar-refractivity contribution in [3.8, 4) is 0 Å². The lowest BCUT2D eigenvalue weighted by Gasteiger charge is -2.22. The first-order valence-electron chi connectivity index (χ1n) is 10.2. The highest BCUT2D eigenvalue weighted by Gasteiger charge is 2.08. The number of anilines is 2. The normalized spacial score (nSPS) is 10.9. The molecule has 0 aliphatic rings. The SMILES string of the molecule is C/C=C/C=C(c1ccc(N(CC)CC)cc1)c1ccc(N(CC)CC)cc1. The van der Waals surface area contributed by atoms with Gasteiger partial charge in [-0.3, -0.25) is 0 Å². The molecule has 2 heteroatoms. The Bertz CT molecular complexity index is 673. The van der Waals surface area contributed by atoms with Crippen molar-refractivity contribution in [1.29, 1.82) is 0 Å². The summed E-state index contributed by atoms with van der Waals surface area (Å²) in [6.45, 7) is 15.0. The molecule has 2 nitrogen and oxygen atoms in total. The van der Waals surface area contributed by atoms with E-state index in [1.54, 1.807) is 0 Å². The molecule has 27 heavy (non-hydrogen) atoms. The highest BCUT2D eigenvalue weighted by molar-refractivity contribution is 5.82. The molecule has 0 unspecified atom stereocenters. The van der Waals surface area contributed by atoms with E-state index in [1.165, 1.54) is 28.1 Å². The Morgan fingerprint density at radius 2 is 1.04 bits per heavy atom. The van der Waals surface area contributed by atoms with Crippen molar-refractivity contribution in [2.75, 3.05) is 36.0 Å². The van der Waals surface area contributed by atoms with E-state index in [-0.39, 0.29) is 0 Å². The molecule has 0 saturated carbocycles. The van der Waals surface area contributed by atoms with Crippen LogP contribution in [0.1, 0.15) is 45.7 Å². The lowest BCUT2D eigenvalue weighted by atomic mass is 9.96. The minimum absolute atomic E-state index is 1.03. The van der Waals surface area contributed by atoms with Gasteiger partial charge in [-0.1, -0.05) is 42.5 Å². The van der Waals surface area contributed by atoms with Crippen molar-refractivity contribution in [3.63, 3.8) is 0 Å². The summed E-state index contributed by atoms with van der Waals surface area (Å²) in [5.41, 5.74) is 6.32. The van der Waals surface area contributed by atoms with Gasteiger partial charge in [0, 0.05) is 37.6 Å². The number of nitrogens with zero attached hydrogens (tertiary/aromatic N) is 2. The molecule has 0 fully saturated rings. The van der Waals surface area contributed by atoms with Crippen LogP contribution in [0, 0.1) is 0 Å². The van der Waals surface area contributed by atoms with Crippen LogP contribution in [0.5, 0.6) is 0 Å². The number of allylic oxidation sites excluding steroid dienone is 3.